The molecule has 1 heterocycles. The van der Waals surface area contributed by atoms with Crippen molar-refractivity contribution in [3.63, 3.8) is 0 Å². The van der Waals surface area contributed by atoms with E-state index in [-0.39, 0.29) is 23.5 Å². The third-order valence-corrected chi connectivity index (χ3v) is 5.62. The van der Waals surface area contributed by atoms with Gasteiger partial charge in [-0.15, -0.1) is 0 Å². The second kappa shape index (κ2) is 8.19. The van der Waals surface area contributed by atoms with Gasteiger partial charge in [0.25, 0.3) is 5.82 Å². The zero-order chi connectivity index (χ0) is 19.6. The van der Waals surface area contributed by atoms with Gasteiger partial charge in [-0.3, -0.25) is 9.69 Å². The summed E-state index contributed by atoms with van der Waals surface area (Å²) in [6, 6.07) is 5.79. The van der Waals surface area contributed by atoms with Crippen molar-refractivity contribution in [2.45, 2.75) is 45.3 Å². The number of fused-ring (bicyclic) bond motifs is 1. The van der Waals surface area contributed by atoms with Crippen LogP contribution in [0.3, 0.4) is 0 Å². The number of methoxy groups -OCH3 is 1. The first-order valence-electron chi connectivity index (χ1n) is 9.67. The Bertz CT molecular complexity index is 886. The minimum Gasteiger partial charge on any atom is -0.362 e. The average Bonchev–Trinajstić information content (AvgIpc) is 2.69. The van der Waals surface area contributed by atoms with Crippen LogP contribution in [0.1, 0.15) is 50.8 Å². The highest BCUT2D eigenvalue weighted by Gasteiger charge is 2.28. The van der Waals surface area contributed by atoms with Crippen LogP contribution >= 0.6 is 0 Å². The number of nitrogen functional groups attached to an aromatic ring is 1. The van der Waals surface area contributed by atoms with Crippen molar-refractivity contribution in [3.8, 4) is 0 Å². The molecule has 7 heteroatoms. The van der Waals surface area contributed by atoms with E-state index >= 15 is 0 Å². The van der Waals surface area contributed by atoms with Crippen molar-refractivity contribution in [3.05, 3.63) is 34.1 Å². The molecule has 1 aliphatic rings. The van der Waals surface area contributed by atoms with Crippen LogP contribution in [-0.2, 0) is 4.74 Å². The molecule has 0 saturated heterocycles. The summed E-state index contributed by atoms with van der Waals surface area (Å²) in [5.74, 6) is 0.613. The third-order valence-electron chi connectivity index (χ3n) is 5.62. The highest BCUT2D eigenvalue weighted by molar-refractivity contribution is 5.81. The molecule has 0 aliphatic heterocycles. The first kappa shape index (κ1) is 19.5. The van der Waals surface area contributed by atoms with Gasteiger partial charge >= 0.3 is 5.56 Å². The number of nitrogens with one attached hydrogen (secondary N) is 2. The number of nitrogens with two attached hydrogens (primary N) is 1. The van der Waals surface area contributed by atoms with Crippen LogP contribution in [0.25, 0.3) is 11.0 Å². The molecule has 1 aromatic carbocycles. The van der Waals surface area contributed by atoms with Crippen LogP contribution in [0.15, 0.2) is 23.0 Å². The van der Waals surface area contributed by atoms with Crippen LogP contribution in [0.5, 0.6) is 0 Å². The van der Waals surface area contributed by atoms with Gasteiger partial charge < -0.3 is 15.5 Å². The fourth-order valence-corrected chi connectivity index (χ4v) is 3.97. The molecule has 1 aromatic heterocycles. The summed E-state index contributed by atoms with van der Waals surface area (Å²) >= 11 is 0. The number of hydrogen-bond acceptors (Lipinski definition) is 5. The first-order chi connectivity index (χ1) is 13.0. The second-order valence-electron chi connectivity index (χ2n) is 7.33. The fraction of sp³-hybridized carbons (Fsp3) is 0.550. The van der Waals surface area contributed by atoms with E-state index in [4.69, 9.17) is 15.9 Å². The SMILES string of the molecule is CCN(C)C(OC)c1ccc2[nH]c(=O)c(N)[n+](C(=N)C3CCCCC3)c2c1. The highest BCUT2D eigenvalue weighted by atomic mass is 16.5. The number of nitrogens with zero attached hydrogens (tertiary/aromatic N) is 2. The maximum absolute atomic E-state index is 12.3. The number of ether oxygens (including phenoxy) is 1. The molecule has 1 saturated carbocycles. The molecule has 27 heavy (non-hydrogen) atoms. The van der Waals surface area contributed by atoms with E-state index in [0.29, 0.717) is 11.4 Å². The fourth-order valence-electron chi connectivity index (χ4n) is 3.97. The number of rotatable bonds is 5. The lowest BCUT2D eigenvalue weighted by Crippen LogP contribution is -2.53. The van der Waals surface area contributed by atoms with Gasteiger partial charge in [-0.1, -0.05) is 32.3 Å². The quantitative estimate of drug-likeness (QED) is 0.325. The summed E-state index contributed by atoms with van der Waals surface area (Å²) in [6.07, 6.45) is 5.19. The predicted molar refractivity (Wildman–Crippen MR) is 107 cm³/mol. The van der Waals surface area contributed by atoms with Crippen LogP contribution < -0.4 is 15.9 Å². The van der Waals surface area contributed by atoms with Gasteiger partial charge in [0, 0.05) is 13.0 Å². The molecule has 7 nitrogen and oxygen atoms in total. The number of benzene rings is 1. The lowest BCUT2D eigenvalue weighted by molar-refractivity contribution is -0.517. The molecule has 1 atom stereocenters. The number of anilines is 1. The minimum atomic E-state index is -0.357. The molecule has 2 aromatic rings. The van der Waals surface area contributed by atoms with Gasteiger partial charge in [0.1, 0.15) is 11.7 Å². The first-order valence-corrected chi connectivity index (χ1v) is 9.67. The smallest absolute Gasteiger partial charge is 0.321 e. The molecule has 1 fully saturated rings. The Morgan fingerprint density at radius 1 is 1.41 bits per heavy atom. The van der Waals surface area contributed by atoms with Crippen molar-refractivity contribution in [1.82, 2.24) is 9.88 Å². The van der Waals surface area contributed by atoms with E-state index in [1.54, 1.807) is 11.7 Å². The summed E-state index contributed by atoms with van der Waals surface area (Å²) in [6.45, 7) is 2.91. The summed E-state index contributed by atoms with van der Waals surface area (Å²) < 4.78 is 7.30. The van der Waals surface area contributed by atoms with E-state index in [0.717, 1.165) is 43.3 Å². The van der Waals surface area contributed by atoms with E-state index in [9.17, 15) is 4.79 Å². The van der Waals surface area contributed by atoms with Crippen molar-refractivity contribution in [1.29, 1.82) is 5.41 Å². The minimum absolute atomic E-state index is 0.0630. The predicted octanol–water partition coefficient (Wildman–Crippen LogP) is 2.40. The van der Waals surface area contributed by atoms with E-state index in [1.807, 2.05) is 25.2 Å². The summed E-state index contributed by atoms with van der Waals surface area (Å²) in [5, 5.41) is 8.78. The maximum atomic E-state index is 12.3. The van der Waals surface area contributed by atoms with Gasteiger partial charge in [0.05, 0.1) is 5.52 Å². The van der Waals surface area contributed by atoms with E-state index in [1.165, 1.54) is 6.42 Å². The Balaban J connectivity index is 2.15. The number of aromatic nitrogens is 2. The molecule has 1 unspecified atom stereocenters. The monoisotopic (exact) mass is 372 g/mol. The molecule has 146 valence electrons. The largest absolute Gasteiger partial charge is 0.362 e. The Labute approximate surface area is 159 Å². The Morgan fingerprint density at radius 2 is 2.11 bits per heavy atom. The van der Waals surface area contributed by atoms with Gasteiger partial charge in [0.2, 0.25) is 5.84 Å². The van der Waals surface area contributed by atoms with E-state index < -0.39 is 0 Å². The van der Waals surface area contributed by atoms with Crippen molar-refractivity contribution < 1.29 is 9.30 Å². The van der Waals surface area contributed by atoms with Gasteiger partial charge in [-0.25, -0.2) is 0 Å². The molecule has 4 N–H and O–H groups in total. The summed E-state index contributed by atoms with van der Waals surface area (Å²) in [4.78, 5) is 17.3. The lowest BCUT2D eigenvalue weighted by atomic mass is 9.88. The molecule has 1 aliphatic carbocycles. The van der Waals surface area contributed by atoms with E-state index in [2.05, 4.69) is 16.8 Å². The molecular weight excluding hydrogens is 342 g/mol. The molecular formula is C20H30N5O2+. The summed E-state index contributed by atoms with van der Waals surface area (Å²) in [7, 11) is 3.68. The molecule has 0 spiro atoms. The van der Waals surface area contributed by atoms with Gasteiger partial charge in [-0.2, -0.15) is 9.98 Å². The van der Waals surface area contributed by atoms with Crippen molar-refractivity contribution >= 4 is 22.7 Å². The van der Waals surface area contributed by atoms with Crippen LogP contribution in [0.4, 0.5) is 5.82 Å². The highest BCUT2D eigenvalue weighted by Crippen LogP contribution is 2.26. The average molecular weight is 372 g/mol. The number of aromatic amines is 1. The van der Waals surface area contributed by atoms with Crippen LogP contribution in [0.2, 0.25) is 0 Å². The van der Waals surface area contributed by atoms with Gasteiger partial charge in [-0.05, 0) is 44.1 Å². The van der Waals surface area contributed by atoms with Crippen LogP contribution in [-0.4, -0.2) is 36.4 Å². The van der Waals surface area contributed by atoms with Crippen molar-refractivity contribution in [2.75, 3.05) is 26.4 Å². The standard InChI is InChI=1S/C20H29N5O2/c1-4-24(2)20(27-3)14-10-11-15-16(12-14)25(18(22)19(26)23-15)17(21)13-8-6-5-7-9-13/h10-13,20-22H,4-9H2,1-3H3,(H,23,26)/p+1. The van der Waals surface area contributed by atoms with Crippen molar-refractivity contribution in [2.24, 2.45) is 5.92 Å². The normalized spacial score (nSPS) is 16.7. The van der Waals surface area contributed by atoms with Gasteiger partial charge in [0.15, 0.2) is 0 Å². The second-order valence-corrected chi connectivity index (χ2v) is 7.33. The van der Waals surface area contributed by atoms with Crippen LogP contribution in [0, 0.1) is 11.3 Å². The lowest BCUT2D eigenvalue weighted by Gasteiger charge is -2.26. The Morgan fingerprint density at radius 3 is 2.74 bits per heavy atom. The zero-order valence-corrected chi connectivity index (χ0v) is 16.4. The zero-order valence-electron chi connectivity index (χ0n) is 16.4. The molecule has 3 rings (SSSR count). The number of H-pyrrole nitrogens is 1. The maximum Gasteiger partial charge on any atom is 0.321 e. The summed E-state index contributed by atoms with van der Waals surface area (Å²) in [5.41, 5.74) is 8.16. The third kappa shape index (κ3) is 3.75. The Hall–Kier alpha value is -2.25. The topological polar surface area (TPSA) is 99.1 Å². The Kier molecular flexibility index (Phi) is 5.92. The molecule has 0 amide bonds. The molecule has 0 radical (unpaired) electrons. The molecule has 0 bridgehead atoms. The number of hydrogen-bond donors (Lipinski definition) is 3.